The molecular weight excluding hydrogens is 249 g/mol. The highest BCUT2D eigenvalue weighted by molar-refractivity contribution is 8.00. The monoisotopic (exact) mass is 258 g/mol. The molecule has 0 aliphatic carbocycles. The third kappa shape index (κ3) is 5.88. The molecule has 0 saturated carbocycles. The molecule has 0 saturated heterocycles. The lowest BCUT2D eigenvalue weighted by Gasteiger charge is -2.06. The third-order valence-electron chi connectivity index (χ3n) is 1.46. The topological polar surface area (TPSA) is 38.0 Å². The van der Waals surface area contributed by atoms with Gasteiger partial charge in [-0.1, -0.05) is 12.1 Å². The predicted molar refractivity (Wildman–Crippen MR) is 56.6 cm³/mol. The van der Waals surface area contributed by atoms with Crippen LogP contribution in [0.3, 0.4) is 0 Å². The average Bonchev–Trinajstić information content (AvgIpc) is 2.06. The van der Waals surface area contributed by atoms with Crippen molar-refractivity contribution in [2.75, 3.05) is 0 Å². The molecule has 0 atom stereocenters. The van der Waals surface area contributed by atoms with Crippen LogP contribution in [0.1, 0.15) is 5.56 Å². The number of hydrazine groups is 1. The molecule has 7 heteroatoms. The first kappa shape index (κ1) is 14.6. The summed E-state index contributed by atoms with van der Waals surface area (Å²) in [6.45, 7) is 0.441. The number of halogens is 4. The van der Waals surface area contributed by atoms with Gasteiger partial charge < -0.3 is 0 Å². The zero-order valence-corrected chi connectivity index (χ0v) is 9.18. The predicted octanol–water partition coefficient (Wildman–Crippen LogP) is 2.68. The Morgan fingerprint density at radius 1 is 1.20 bits per heavy atom. The summed E-state index contributed by atoms with van der Waals surface area (Å²) in [5, 5.41) is 0. The van der Waals surface area contributed by atoms with Crippen LogP contribution in [-0.2, 0) is 6.54 Å². The van der Waals surface area contributed by atoms with Gasteiger partial charge in [0.25, 0.3) is 0 Å². The maximum Gasteiger partial charge on any atom is 0.446 e. The Bertz CT molecular complexity index is 289. The highest BCUT2D eigenvalue weighted by atomic mass is 35.5. The fraction of sp³-hybridized carbons (Fsp3) is 0.250. The van der Waals surface area contributed by atoms with E-state index >= 15 is 0 Å². The smallest absolute Gasteiger partial charge is 0.271 e. The molecule has 0 bridgehead atoms. The molecule has 0 aromatic heterocycles. The zero-order valence-electron chi connectivity index (χ0n) is 7.54. The van der Waals surface area contributed by atoms with Crippen LogP contribution in [0.5, 0.6) is 0 Å². The second kappa shape index (κ2) is 6.22. The Hall–Kier alpha value is -0.430. The second-order valence-electron chi connectivity index (χ2n) is 2.57. The van der Waals surface area contributed by atoms with E-state index in [-0.39, 0.29) is 29.1 Å². The van der Waals surface area contributed by atoms with E-state index in [4.69, 9.17) is 5.84 Å². The van der Waals surface area contributed by atoms with E-state index in [9.17, 15) is 13.2 Å². The summed E-state index contributed by atoms with van der Waals surface area (Å²) in [6, 6.07) is 6.05. The lowest BCUT2D eigenvalue weighted by molar-refractivity contribution is -0.0328. The van der Waals surface area contributed by atoms with Crippen LogP contribution in [-0.4, -0.2) is 5.51 Å². The average molecular weight is 259 g/mol. The lowest BCUT2D eigenvalue weighted by atomic mass is 10.2. The van der Waals surface area contributed by atoms with E-state index in [0.717, 1.165) is 5.56 Å². The van der Waals surface area contributed by atoms with Crippen LogP contribution >= 0.6 is 24.2 Å². The van der Waals surface area contributed by atoms with Gasteiger partial charge in [-0.2, -0.15) is 13.2 Å². The first-order chi connectivity index (χ1) is 6.51. The van der Waals surface area contributed by atoms with E-state index < -0.39 is 5.51 Å². The minimum absolute atomic E-state index is 0. The summed E-state index contributed by atoms with van der Waals surface area (Å²) in [6.07, 6.45) is 0. The molecule has 0 spiro atoms. The molecule has 1 rings (SSSR count). The normalized spacial score (nSPS) is 10.9. The second-order valence-corrected chi connectivity index (χ2v) is 3.71. The molecule has 86 valence electrons. The number of thioether (sulfide) groups is 1. The van der Waals surface area contributed by atoms with Gasteiger partial charge >= 0.3 is 5.51 Å². The standard InChI is InChI=1S/C8H9F3N2S.ClH/c9-8(10,11)14-7-3-1-6(2-4-7)5-13-12;/h1-4,13H,5,12H2;1H. The Balaban J connectivity index is 0.00000196. The maximum absolute atomic E-state index is 11.9. The molecule has 1 aromatic rings. The number of rotatable bonds is 3. The summed E-state index contributed by atoms with van der Waals surface area (Å²) in [5.41, 5.74) is -0.960. The van der Waals surface area contributed by atoms with E-state index in [1.807, 2.05) is 0 Å². The van der Waals surface area contributed by atoms with Crippen molar-refractivity contribution in [1.82, 2.24) is 5.43 Å². The van der Waals surface area contributed by atoms with Gasteiger partial charge in [-0.25, -0.2) is 0 Å². The molecule has 1 aromatic carbocycles. The quantitative estimate of drug-likeness (QED) is 0.497. The van der Waals surface area contributed by atoms with Crippen LogP contribution in [0.2, 0.25) is 0 Å². The van der Waals surface area contributed by atoms with Crippen LogP contribution < -0.4 is 11.3 Å². The summed E-state index contributed by atoms with van der Waals surface area (Å²) < 4.78 is 35.8. The largest absolute Gasteiger partial charge is 0.446 e. The Labute approximate surface area is 95.8 Å². The van der Waals surface area contributed by atoms with Gasteiger partial charge in [0.15, 0.2) is 0 Å². The van der Waals surface area contributed by atoms with Crippen LogP contribution in [0.25, 0.3) is 0 Å². The van der Waals surface area contributed by atoms with Crippen molar-refractivity contribution in [3.05, 3.63) is 29.8 Å². The van der Waals surface area contributed by atoms with Crippen LogP contribution in [0, 0.1) is 0 Å². The molecule has 2 nitrogen and oxygen atoms in total. The van der Waals surface area contributed by atoms with Gasteiger partial charge in [0, 0.05) is 11.4 Å². The number of hydrogen-bond donors (Lipinski definition) is 2. The Morgan fingerprint density at radius 3 is 2.13 bits per heavy atom. The van der Waals surface area contributed by atoms with Gasteiger partial charge in [-0.05, 0) is 29.5 Å². The van der Waals surface area contributed by atoms with Crippen molar-refractivity contribution < 1.29 is 13.2 Å². The summed E-state index contributed by atoms with van der Waals surface area (Å²) >= 11 is -0.124. The maximum atomic E-state index is 11.9. The number of benzene rings is 1. The van der Waals surface area contributed by atoms with Crippen molar-refractivity contribution in [2.24, 2.45) is 5.84 Å². The van der Waals surface area contributed by atoms with Gasteiger partial charge in [0.1, 0.15) is 0 Å². The molecule has 0 aliphatic rings. The first-order valence-corrected chi connectivity index (χ1v) is 4.61. The van der Waals surface area contributed by atoms with E-state index in [1.165, 1.54) is 12.1 Å². The molecule has 0 fully saturated rings. The minimum atomic E-state index is -4.23. The number of alkyl halides is 3. The summed E-state index contributed by atoms with van der Waals surface area (Å²) in [7, 11) is 0. The van der Waals surface area contributed by atoms with E-state index in [2.05, 4.69) is 5.43 Å². The van der Waals surface area contributed by atoms with Crippen molar-refractivity contribution in [2.45, 2.75) is 16.9 Å². The molecule has 15 heavy (non-hydrogen) atoms. The van der Waals surface area contributed by atoms with Crippen molar-refractivity contribution in [3.8, 4) is 0 Å². The molecule has 0 radical (unpaired) electrons. The fourth-order valence-corrected chi connectivity index (χ4v) is 1.47. The Morgan fingerprint density at radius 2 is 1.73 bits per heavy atom. The number of nitrogens with one attached hydrogen (secondary N) is 1. The molecule has 0 aliphatic heterocycles. The van der Waals surface area contributed by atoms with Crippen LogP contribution in [0.4, 0.5) is 13.2 Å². The third-order valence-corrected chi connectivity index (χ3v) is 2.20. The van der Waals surface area contributed by atoms with E-state index in [0.29, 0.717) is 6.54 Å². The molecule has 0 amide bonds. The van der Waals surface area contributed by atoms with Gasteiger partial charge in [-0.3, -0.25) is 11.3 Å². The zero-order chi connectivity index (χ0) is 10.6. The summed E-state index contributed by atoms with van der Waals surface area (Å²) in [4.78, 5) is 0.179. The fourth-order valence-electron chi connectivity index (χ4n) is 0.927. The lowest BCUT2D eigenvalue weighted by Crippen LogP contribution is -2.20. The number of nitrogens with two attached hydrogens (primary N) is 1. The van der Waals surface area contributed by atoms with Crippen molar-refractivity contribution in [3.63, 3.8) is 0 Å². The van der Waals surface area contributed by atoms with Crippen molar-refractivity contribution in [1.29, 1.82) is 0 Å². The highest BCUT2D eigenvalue weighted by Gasteiger charge is 2.28. The van der Waals surface area contributed by atoms with Gasteiger partial charge in [-0.15, -0.1) is 12.4 Å². The summed E-state index contributed by atoms with van der Waals surface area (Å²) in [5.74, 6) is 5.07. The van der Waals surface area contributed by atoms with Gasteiger partial charge in [0.2, 0.25) is 0 Å². The number of hydrogen-bond acceptors (Lipinski definition) is 3. The van der Waals surface area contributed by atoms with Crippen molar-refractivity contribution >= 4 is 24.2 Å². The SMILES string of the molecule is Cl.NNCc1ccc(SC(F)(F)F)cc1. The highest BCUT2D eigenvalue weighted by Crippen LogP contribution is 2.36. The minimum Gasteiger partial charge on any atom is -0.271 e. The van der Waals surface area contributed by atoms with Crippen LogP contribution in [0.15, 0.2) is 29.2 Å². The molecule has 3 N–H and O–H groups in total. The molecule has 0 unspecified atom stereocenters. The molecular formula is C8H10ClF3N2S. The molecule has 0 heterocycles. The van der Waals surface area contributed by atoms with Gasteiger partial charge in [0.05, 0.1) is 0 Å². The Kier molecular flexibility index (Phi) is 6.04. The first-order valence-electron chi connectivity index (χ1n) is 3.79. The van der Waals surface area contributed by atoms with E-state index in [1.54, 1.807) is 12.1 Å².